The Balaban J connectivity index is 1.92. The number of hydrogen-bond acceptors (Lipinski definition) is 3. The number of nitrogens with one attached hydrogen (secondary N) is 1. The molecule has 0 aliphatic carbocycles. The van der Waals surface area contributed by atoms with Gasteiger partial charge >= 0.3 is 0 Å². The lowest BCUT2D eigenvalue weighted by atomic mass is 10.1. The summed E-state index contributed by atoms with van der Waals surface area (Å²) in [5, 5.41) is 3.00. The van der Waals surface area contributed by atoms with Gasteiger partial charge in [0.2, 0.25) is 5.91 Å². The van der Waals surface area contributed by atoms with Gasteiger partial charge in [-0.05, 0) is 24.1 Å². The molecule has 1 N–H and O–H groups in total. The van der Waals surface area contributed by atoms with E-state index in [4.69, 9.17) is 4.74 Å². The summed E-state index contributed by atoms with van der Waals surface area (Å²) in [7, 11) is 1.66. The third kappa shape index (κ3) is 3.46. The maximum Gasteiger partial charge on any atom is 0.247 e. The van der Waals surface area contributed by atoms with E-state index in [1.54, 1.807) is 13.4 Å². The van der Waals surface area contributed by atoms with Gasteiger partial charge in [-0.15, -0.1) is 0 Å². The summed E-state index contributed by atoms with van der Waals surface area (Å²) in [4.78, 5) is 17.3. The third-order valence-electron chi connectivity index (χ3n) is 3.95. The molecule has 5 heteroatoms. The van der Waals surface area contributed by atoms with E-state index >= 15 is 0 Å². The molecule has 0 radical (unpaired) electrons. The molecule has 0 saturated heterocycles. The van der Waals surface area contributed by atoms with E-state index in [1.165, 1.54) is 0 Å². The first-order chi connectivity index (χ1) is 11.8. The summed E-state index contributed by atoms with van der Waals surface area (Å²) in [6, 6.07) is 17.2. The van der Waals surface area contributed by atoms with Gasteiger partial charge in [0.05, 0.1) is 17.4 Å². The van der Waals surface area contributed by atoms with E-state index < -0.39 is 6.04 Å². The normalized spacial score (nSPS) is 12.2. The molecular formula is C19H21N3O2. The summed E-state index contributed by atoms with van der Waals surface area (Å²) in [5.41, 5.74) is 2.76. The number of para-hydroxylation sites is 2. The van der Waals surface area contributed by atoms with Crippen LogP contribution in [0, 0.1) is 0 Å². The van der Waals surface area contributed by atoms with Gasteiger partial charge in [0.25, 0.3) is 0 Å². The minimum Gasteiger partial charge on any atom is -0.385 e. The number of benzene rings is 2. The summed E-state index contributed by atoms with van der Waals surface area (Å²) in [6.07, 6.45) is 2.52. The average molecular weight is 323 g/mol. The molecule has 124 valence electrons. The minimum absolute atomic E-state index is 0.0412. The number of amides is 1. The molecule has 1 aromatic heterocycles. The maximum atomic E-state index is 12.8. The van der Waals surface area contributed by atoms with Crippen LogP contribution in [0.4, 0.5) is 0 Å². The first kappa shape index (κ1) is 16.2. The van der Waals surface area contributed by atoms with E-state index in [9.17, 15) is 4.79 Å². The Kier molecular flexibility index (Phi) is 5.23. The molecule has 0 aliphatic rings. The number of imidazole rings is 1. The highest BCUT2D eigenvalue weighted by molar-refractivity contribution is 5.86. The van der Waals surface area contributed by atoms with Crippen LogP contribution < -0.4 is 5.32 Å². The summed E-state index contributed by atoms with van der Waals surface area (Å²) in [5.74, 6) is -0.0412. The molecule has 0 fully saturated rings. The lowest BCUT2D eigenvalue weighted by Crippen LogP contribution is -2.34. The second kappa shape index (κ2) is 7.75. The Labute approximate surface area is 141 Å². The number of carbonyl (C=O) groups is 1. The zero-order valence-corrected chi connectivity index (χ0v) is 13.7. The van der Waals surface area contributed by atoms with Gasteiger partial charge in [-0.1, -0.05) is 42.5 Å². The molecule has 1 heterocycles. The van der Waals surface area contributed by atoms with Gasteiger partial charge in [-0.3, -0.25) is 4.79 Å². The lowest BCUT2D eigenvalue weighted by molar-refractivity contribution is -0.123. The quantitative estimate of drug-likeness (QED) is 0.680. The first-order valence-electron chi connectivity index (χ1n) is 8.04. The molecule has 0 bridgehead atoms. The van der Waals surface area contributed by atoms with E-state index in [0.29, 0.717) is 13.2 Å². The number of hydrogen-bond donors (Lipinski definition) is 1. The first-order valence-corrected chi connectivity index (χ1v) is 8.04. The van der Waals surface area contributed by atoms with Crippen molar-refractivity contribution in [3.63, 3.8) is 0 Å². The number of nitrogens with zero attached hydrogens (tertiary/aromatic N) is 2. The van der Waals surface area contributed by atoms with Crippen LogP contribution in [0.3, 0.4) is 0 Å². The fraction of sp³-hybridized carbons (Fsp3) is 0.263. The fourth-order valence-electron chi connectivity index (χ4n) is 2.78. The molecule has 1 unspecified atom stereocenters. The van der Waals surface area contributed by atoms with Gasteiger partial charge in [0, 0.05) is 20.3 Å². The molecule has 1 atom stereocenters. The number of methoxy groups -OCH3 is 1. The van der Waals surface area contributed by atoms with Gasteiger partial charge in [0.15, 0.2) is 0 Å². The molecule has 1 amide bonds. The van der Waals surface area contributed by atoms with E-state index in [0.717, 1.165) is 23.0 Å². The van der Waals surface area contributed by atoms with Gasteiger partial charge < -0.3 is 14.6 Å². The Morgan fingerprint density at radius 1 is 1.17 bits per heavy atom. The smallest absolute Gasteiger partial charge is 0.247 e. The lowest BCUT2D eigenvalue weighted by Gasteiger charge is -2.19. The standard InChI is InChI=1S/C19H21N3O2/c1-24-13-7-12-20-19(23)18(15-8-3-2-4-9-15)22-14-21-16-10-5-6-11-17(16)22/h2-6,8-11,14,18H,7,12-13H2,1H3,(H,20,23). The van der Waals surface area contributed by atoms with Crippen LogP contribution in [0.15, 0.2) is 60.9 Å². The molecule has 24 heavy (non-hydrogen) atoms. The van der Waals surface area contributed by atoms with E-state index in [-0.39, 0.29) is 5.91 Å². The predicted octanol–water partition coefficient (Wildman–Crippen LogP) is 2.78. The average Bonchev–Trinajstić information content (AvgIpc) is 3.04. The number of fused-ring (bicyclic) bond motifs is 1. The highest BCUT2D eigenvalue weighted by atomic mass is 16.5. The molecule has 0 spiro atoms. The summed E-state index contributed by atoms with van der Waals surface area (Å²) < 4.78 is 6.96. The summed E-state index contributed by atoms with van der Waals surface area (Å²) >= 11 is 0. The van der Waals surface area contributed by atoms with Crippen molar-refractivity contribution < 1.29 is 9.53 Å². The van der Waals surface area contributed by atoms with Gasteiger partial charge in [-0.25, -0.2) is 4.98 Å². The molecule has 0 saturated carbocycles. The van der Waals surface area contributed by atoms with Crippen molar-refractivity contribution in [2.24, 2.45) is 0 Å². The third-order valence-corrected chi connectivity index (χ3v) is 3.95. The van der Waals surface area contributed by atoms with E-state index in [1.807, 2.05) is 59.2 Å². The van der Waals surface area contributed by atoms with Crippen LogP contribution in [0.5, 0.6) is 0 Å². The van der Waals surface area contributed by atoms with Gasteiger partial charge in [0.1, 0.15) is 6.04 Å². The molecule has 5 nitrogen and oxygen atoms in total. The molecular weight excluding hydrogens is 302 g/mol. The Morgan fingerprint density at radius 2 is 1.92 bits per heavy atom. The van der Waals surface area contributed by atoms with E-state index in [2.05, 4.69) is 10.3 Å². The van der Waals surface area contributed by atoms with Crippen molar-refractivity contribution in [3.8, 4) is 0 Å². The molecule has 0 aliphatic heterocycles. The Hall–Kier alpha value is -2.66. The van der Waals surface area contributed by atoms with Gasteiger partial charge in [-0.2, -0.15) is 0 Å². The highest BCUT2D eigenvalue weighted by Crippen LogP contribution is 2.23. The molecule has 3 rings (SSSR count). The Morgan fingerprint density at radius 3 is 2.71 bits per heavy atom. The zero-order chi connectivity index (χ0) is 16.8. The van der Waals surface area contributed by atoms with Crippen LogP contribution in [-0.4, -0.2) is 35.7 Å². The largest absolute Gasteiger partial charge is 0.385 e. The number of ether oxygens (including phenoxy) is 1. The minimum atomic E-state index is -0.443. The van der Waals surface area contributed by atoms with Crippen LogP contribution in [0.2, 0.25) is 0 Å². The van der Waals surface area contributed by atoms with Crippen molar-refractivity contribution in [1.82, 2.24) is 14.9 Å². The second-order valence-corrected chi connectivity index (χ2v) is 5.59. The van der Waals surface area contributed by atoms with Crippen molar-refractivity contribution in [2.45, 2.75) is 12.5 Å². The van der Waals surface area contributed by atoms with Crippen molar-refractivity contribution in [1.29, 1.82) is 0 Å². The SMILES string of the molecule is COCCCNC(=O)C(c1ccccc1)n1cnc2ccccc21. The van der Waals surface area contributed by atoms with Crippen LogP contribution in [0.1, 0.15) is 18.0 Å². The fourth-order valence-corrected chi connectivity index (χ4v) is 2.78. The molecule has 2 aromatic carbocycles. The highest BCUT2D eigenvalue weighted by Gasteiger charge is 2.23. The van der Waals surface area contributed by atoms with Crippen molar-refractivity contribution >= 4 is 16.9 Å². The van der Waals surface area contributed by atoms with Crippen LogP contribution in [0.25, 0.3) is 11.0 Å². The van der Waals surface area contributed by atoms with Crippen molar-refractivity contribution in [2.75, 3.05) is 20.3 Å². The monoisotopic (exact) mass is 323 g/mol. The van der Waals surface area contributed by atoms with Crippen LogP contribution in [-0.2, 0) is 9.53 Å². The zero-order valence-electron chi connectivity index (χ0n) is 13.7. The number of aromatic nitrogens is 2. The van der Waals surface area contributed by atoms with Crippen LogP contribution >= 0.6 is 0 Å². The number of rotatable bonds is 7. The Bertz CT molecular complexity index is 798. The number of carbonyl (C=O) groups excluding carboxylic acids is 1. The predicted molar refractivity (Wildman–Crippen MR) is 93.8 cm³/mol. The van der Waals surface area contributed by atoms with Crippen molar-refractivity contribution in [3.05, 3.63) is 66.5 Å². The topological polar surface area (TPSA) is 56.1 Å². The molecule has 3 aromatic rings. The second-order valence-electron chi connectivity index (χ2n) is 5.59. The maximum absolute atomic E-state index is 12.8. The summed E-state index contributed by atoms with van der Waals surface area (Å²) in [6.45, 7) is 1.22.